The molecule has 0 atom stereocenters. The fourth-order valence-corrected chi connectivity index (χ4v) is 1.91. The van der Waals surface area contributed by atoms with E-state index in [-0.39, 0.29) is 0 Å². The number of hydrogen-bond donors (Lipinski definition) is 0. The number of nitrogens with zero attached hydrogens (tertiary/aromatic N) is 1. The molecule has 0 bridgehead atoms. The molecule has 0 N–H and O–H groups in total. The number of hydrogen-bond acceptors (Lipinski definition) is 1. The Bertz CT molecular complexity index is 497. The van der Waals surface area contributed by atoms with Crippen molar-refractivity contribution in [1.82, 2.24) is 4.98 Å². The molecule has 1 heterocycles. The van der Waals surface area contributed by atoms with Crippen LogP contribution in [0.4, 0.5) is 0 Å². The van der Waals surface area contributed by atoms with E-state index in [4.69, 9.17) is 34.8 Å². The first-order valence-corrected chi connectivity index (χ1v) is 5.37. The van der Waals surface area contributed by atoms with E-state index in [2.05, 4.69) is 4.98 Å². The summed E-state index contributed by atoms with van der Waals surface area (Å²) in [7, 11) is 0. The Kier molecular flexibility index (Phi) is 3.15. The van der Waals surface area contributed by atoms with Crippen LogP contribution >= 0.6 is 34.8 Å². The Balaban J connectivity index is 2.64. The van der Waals surface area contributed by atoms with Crippen molar-refractivity contribution >= 4 is 34.8 Å². The first-order valence-electron chi connectivity index (χ1n) is 4.23. The maximum absolute atomic E-state index is 6.07. The minimum Gasteiger partial charge on any atom is -0.263 e. The third kappa shape index (κ3) is 2.25. The zero-order chi connectivity index (χ0) is 10.8. The van der Waals surface area contributed by atoms with Crippen LogP contribution in [-0.2, 0) is 0 Å². The lowest BCUT2D eigenvalue weighted by Gasteiger charge is -2.06. The summed E-state index contributed by atoms with van der Waals surface area (Å²) in [6.45, 7) is 0. The number of halogens is 3. The van der Waals surface area contributed by atoms with E-state index in [1.807, 2.05) is 0 Å². The second kappa shape index (κ2) is 4.40. The standard InChI is InChI=1S/C11H6Cl3N/c12-7-1-2-10(13)9(5-7)8-3-4-15-6-11(8)14/h1-6H. The quantitative estimate of drug-likeness (QED) is 0.722. The molecular formula is C11H6Cl3N. The molecule has 1 aromatic heterocycles. The molecule has 15 heavy (non-hydrogen) atoms. The van der Waals surface area contributed by atoms with Crippen LogP contribution in [-0.4, -0.2) is 4.98 Å². The van der Waals surface area contributed by atoms with Crippen molar-refractivity contribution in [3.63, 3.8) is 0 Å². The molecule has 2 aromatic rings. The van der Waals surface area contributed by atoms with Gasteiger partial charge >= 0.3 is 0 Å². The fourth-order valence-electron chi connectivity index (χ4n) is 1.30. The maximum atomic E-state index is 6.07. The number of rotatable bonds is 1. The van der Waals surface area contributed by atoms with Crippen molar-refractivity contribution in [3.05, 3.63) is 51.7 Å². The lowest BCUT2D eigenvalue weighted by atomic mass is 10.1. The van der Waals surface area contributed by atoms with Gasteiger partial charge in [-0.1, -0.05) is 34.8 Å². The topological polar surface area (TPSA) is 12.9 Å². The van der Waals surface area contributed by atoms with Gasteiger partial charge in [-0.15, -0.1) is 0 Å². The molecule has 2 rings (SSSR count). The van der Waals surface area contributed by atoms with Crippen molar-refractivity contribution in [2.45, 2.75) is 0 Å². The molecule has 0 aliphatic carbocycles. The molecule has 0 aliphatic rings. The van der Waals surface area contributed by atoms with Gasteiger partial charge in [0.15, 0.2) is 0 Å². The molecule has 0 saturated heterocycles. The molecule has 1 nitrogen and oxygen atoms in total. The van der Waals surface area contributed by atoms with Crippen molar-refractivity contribution in [3.8, 4) is 11.1 Å². The van der Waals surface area contributed by atoms with Gasteiger partial charge < -0.3 is 0 Å². The summed E-state index contributed by atoms with van der Waals surface area (Å²) in [4.78, 5) is 3.91. The van der Waals surface area contributed by atoms with Crippen LogP contribution in [0.1, 0.15) is 0 Å². The van der Waals surface area contributed by atoms with Crippen molar-refractivity contribution < 1.29 is 0 Å². The van der Waals surface area contributed by atoms with E-state index in [1.54, 1.807) is 36.7 Å². The minimum atomic E-state index is 0.557. The molecule has 0 saturated carbocycles. The van der Waals surface area contributed by atoms with Gasteiger partial charge in [-0.2, -0.15) is 0 Å². The highest BCUT2D eigenvalue weighted by Gasteiger charge is 2.07. The Hall–Kier alpha value is -0.760. The molecule has 4 heteroatoms. The van der Waals surface area contributed by atoms with E-state index in [9.17, 15) is 0 Å². The van der Waals surface area contributed by atoms with Crippen LogP contribution in [0, 0.1) is 0 Å². The summed E-state index contributed by atoms with van der Waals surface area (Å²) in [6.07, 6.45) is 3.24. The highest BCUT2D eigenvalue weighted by molar-refractivity contribution is 6.37. The van der Waals surface area contributed by atoms with Gasteiger partial charge in [-0.3, -0.25) is 4.98 Å². The smallest absolute Gasteiger partial charge is 0.0668 e. The summed E-state index contributed by atoms with van der Waals surface area (Å²) >= 11 is 18.0. The summed E-state index contributed by atoms with van der Waals surface area (Å²) in [6, 6.07) is 7.07. The molecule has 76 valence electrons. The third-order valence-corrected chi connectivity index (χ3v) is 2.86. The Morgan fingerprint density at radius 3 is 2.40 bits per heavy atom. The molecule has 0 spiro atoms. The van der Waals surface area contributed by atoms with Crippen LogP contribution < -0.4 is 0 Å². The van der Waals surface area contributed by atoms with E-state index < -0.39 is 0 Å². The van der Waals surface area contributed by atoms with Crippen molar-refractivity contribution in [2.75, 3.05) is 0 Å². The minimum absolute atomic E-state index is 0.557. The average molecular weight is 259 g/mol. The van der Waals surface area contributed by atoms with Gasteiger partial charge in [-0.05, 0) is 24.3 Å². The molecule has 0 radical (unpaired) electrons. The summed E-state index contributed by atoms with van der Waals surface area (Å²) in [5, 5.41) is 1.80. The largest absolute Gasteiger partial charge is 0.263 e. The van der Waals surface area contributed by atoms with Gasteiger partial charge in [0.2, 0.25) is 0 Å². The molecule has 1 aromatic carbocycles. The van der Waals surface area contributed by atoms with E-state index in [1.165, 1.54) is 0 Å². The maximum Gasteiger partial charge on any atom is 0.0668 e. The van der Waals surface area contributed by atoms with Gasteiger partial charge in [0.1, 0.15) is 0 Å². The predicted octanol–water partition coefficient (Wildman–Crippen LogP) is 4.71. The molecule has 0 unspecified atom stereocenters. The number of aromatic nitrogens is 1. The molecule has 0 aliphatic heterocycles. The lowest BCUT2D eigenvalue weighted by Crippen LogP contribution is -1.82. The van der Waals surface area contributed by atoms with Crippen LogP contribution in [0.5, 0.6) is 0 Å². The summed E-state index contributed by atoms with van der Waals surface area (Å²) < 4.78 is 0. The highest BCUT2D eigenvalue weighted by Crippen LogP contribution is 2.34. The number of pyridine rings is 1. The zero-order valence-electron chi connectivity index (χ0n) is 7.55. The van der Waals surface area contributed by atoms with E-state index in [0.29, 0.717) is 15.1 Å². The summed E-state index contributed by atoms with van der Waals surface area (Å²) in [5.74, 6) is 0. The second-order valence-corrected chi connectivity index (χ2v) is 4.23. The zero-order valence-corrected chi connectivity index (χ0v) is 9.81. The Labute approximate surface area is 103 Å². The van der Waals surface area contributed by atoms with Crippen LogP contribution in [0.15, 0.2) is 36.7 Å². The predicted molar refractivity (Wildman–Crippen MR) is 64.7 cm³/mol. The SMILES string of the molecule is Clc1ccc(Cl)c(-c2ccncc2Cl)c1. The van der Waals surface area contributed by atoms with Crippen molar-refractivity contribution in [1.29, 1.82) is 0 Å². The monoisotopic (exact) mass is 257 g/mol. The van der Waals surface area contributed by atoms with Gasteiger partial charge in [0.05, 0.1) is 5.02 Å². The normalized spacial score (nSPS) is 10.3. The molecular weight excluding hydrogens is 252 g/mol. The van der Waals surface area contributed by atoms with Gasteiger partial charge in [0, 0.05) is 33.6 Å². The Morgan fingerprint density at radius 1 is 0.867 bits per heavy atom. The third-order valence-electron chi connectivity index (χ3n) is 1.99. The molecule has 0 amide bonds. The summed E-state index contributed by atoms with van der Waals surface area (Å²) in [5.41, 5.74) is 1.65. The second-order valence-electron chi connectivity index (χ2n) is 2.98. The lowest BCUT2D eigenvalue weighted by molar-refractivity contribution is 1.33. The number of benzene rings is 1. The van der Waals surface area contributed by atoms with Crippen LogP contribution in [0.2, 0.25) is 15.1 Å². The van der Waals surface area contributed by atoms with Crippen LogP contribution in [0.25, 0.3) is 11.1 Å². The van der Waals surface area contributed by atoms with Crippen LogP contribution in [0.3, 0.4) is 0 Å². The van der Waals surface area contributed by atoms with E-state index in [0.717, 1.165) is 11.1 Å². The van der Waals surface area contributed by atoms with Crippen molar-refractivity contribution in [2.24, 2.45) is 0 Å². The van der Waals surface area contributed by atoms with Gasteiger partial charge in [-0.25, -0.2) is 0 Å². The fraction of sp³-hybridized carbons (Fsp3) is 0. The average Bonchev–Trinajstić information content (AvgIpc) is 2.23. The Morgan fingerprint density at radius 2 is 1.67 bits per heavy atom. The van der Waals surface area contributed by atoms with Gasteiger partial charge in [0.25, 0.3) is 0 Å². The molecule has 0 fully saturated rings. The highest BCUT2D eigenvalue weighted by atomic mass is 35.5. The first kappa shape index (κ1) is 10.7. The first-order chi connectivity index (χ1) is 7.18. The van der Waals surface area contributed by atoms with E-state index >= 15 is 0 Å².